The molecule has 2 aromatic rings. The Morgan fingerprint density at radius 2 is 1.15 bits per heavy atom. The highest BCUT2D eigenvalue weighted by Crippen LogP contribution is 2.30. The van der Waals surface area contributed by atoms with Gasteiger partial charge in [0.05, 0.1) is 14.2 Å². The Balaban J connectivity index is 2.36. The van der Waals surface area contributed by atoms with Gasteiger partial charge >= 0.3 is 11.9 Å². The van der Waals surface area contributed by atoms with E-state index >= 15 is 0 Å². The van der Waals surface area contributed by atoms with Crippen LogP contribution >= 0.6 is 0 Å². The van der Waals surface area contributed by atoms with Crippen molar-refractivity contribution in [3.8, 4) is 0 Å². The van der Waals surface area contributed by atoms with Gasteiger partial charge in [-0.3, -0.25) is 0 Å². The van der Waals surface area contributed by atoms with Gasteiger partial charge in [0.2, 0.25) is 0 Å². The summed E-state index contributed by atoms with van der Waals surface area (Å²) in [6.45, 7) is 3.59. The van der Waals surface area contributed by atoms with Gasteiger partial charge in [0.1, 0.15) is 0 Å². The zero-order chi connectivity index (χ0) is 19.1. The molecule has 0 atom stereocenters. The molecule has 0 radical (unpaired) electrons. The minimum absolute atomic E-state index is 0.416. The number of carbonyl (C=O) groups is 2. The number of hydrogen-bond donors (Lipinski definition) is 2. The van der Waals surface area contributed by atoms with Crippen molar-refractivity contribution in [3.63, 3.8) is 0 Å². The van der Waals surface area contributed by atoms with Crippen LogP contribution in [-0.2, 0) is 19.1 Å². The lowest BCUT2D eigenvalue weighted by atomic mass is 10.1. The lowest BCUT2D eigenvalue weighted by Crippen LogP contribution is -2.04. The molecule has 0 aliphatic heterocycles. The van der Waals surface area contributed by atoms with Crippen LogP contribution in [0.25, 0.3) is 10.8 Å². The quantitative estimate of drug-likeness (QED) is 0.607. The third-order valence-electron chi connectivity index (χ3n) is 3.66. The monoisotopic (exact) mass is 354 g/mol. The van der Waals surface area contributed by atoms with Gasteiger partial charge in [-0.25, -0.2) is 9.59 Å². The largest absolute Gasteiger partial charge is 0.466 e. The second-order valence-electron chi connectivity index (χ2n) is 5.66. The summed E-state index contributed by atoms with van der Waals surface area (Å²) < 4.78 is 9.28. The molecule has 2 rings (SSSR count). The first-order valence-corrected chi connectivity index (χ1v) is 8.03. The number of nitrogens with one attached hydrogen (secondary N) is 2. The minimum atomic E-state index is -0.416. The predicted molar refractivity (Wildman–Crippen MR) is 103 cm³/mol. The zero-order valence-corrected chi connectivity index (χ0v) is 15.3. The molecule has 0 spiro atoms. The Bertz CT molecular complexity index is 811. The van der Waals surface area contributed by atoms with Gasteiger partial charge in [0.15, 0.2) is 0 Å². The standard InChI is InChI=1S/C20H22N2O4/c1-13(11-19(23)25-3)21-17-9-5-8-16-15(17)7-6-10-18(16)22-14(2)12-20(24)26-4/h5-12,21-22H,1-4H3/b13-11-,14-12-. The maximum atomic E-state index is 11.4. The summed E-state index contributed by atoms with van der Waals surface area (Å²) in [6.07, 6.45) is 2.79. The normalized spacial score (nSPS) is 11.8. The van der Waals surface area contributed by atoms with Crippen molar-refractivity contribution in [2.75, 3.05) is 24.9 Å². The highest BCUT2D eigenvalue weighted by molar-refractivity contribution is 6.02. The Kier molecular flexibility index (Phi) is 6.38. The summed E-state index contributed by atoms with van der Waals surface area (Å²) in [5.74, 6) is -0.831. The molecule has 0 saturated heterocycles. The molecule has 0 saturated carbocycles. The van der Waals surface area contributed by atoms with Crippen molar-refractivity contribution < 1.29 is 19.1 Å². The molecule has 0 aromatic heterocycles. The molecule has 2 aromatic carbocycles. The number of carbonyl (C=O) groups excluding carboxylic acids is 2. The molecule has 0 bridgehead atoms. The van der Waals surface area contributed by atoms with E-state index in [0.717, 1.165) is 22.1 Å². The van der Waals surface area contributed by atoms with Gasteiger partial charge in [-0.2, -0.15) is 0 Å². The molecule has 0 aliphatic rings. The molecule has 0 amide bonds. The van der Waals surface area contributed by atoms with E-state index in [1.807, 2.05) is 36.4 Å². The van der Waals surface area contributed by atoms with E-state index in [9.17, 15) is 9.59 Å². The fourth-order valence-corrected chi connectivity index (χ4v) is 2.50. The van der Waals surface area contributed by atoms with Crippen LogP contribution in [-0.4, -0.2) is 26.2 Å². The van der Waals surface area contributed by atoms with Crippen molar-refractivity contribution in [1.82, 2.24) is 0 Å². The molecule has 136 valence electrons. The minimum Gasteiger partial charge on any atom is -0.466 e. The zero-order valence-electron chi connectivity index (χ0n) is 15.3. The highest BCUT2D eigenvalue weighted by Gasteiger charge is 2.07. The second kappa shape index (κ2) is 8.71. The third-order valence-corrected chi connectivity index (χ3v) is 3.66. The van der Waals surface area contributed by atoms with Crippen LogP contribution in [0.2, 0.25) is 0 Å². The average Bonchev–Trinajstić information content (AvgIpc) is 2.62. The van der Waals surface area contributed by atoms with E-state index in [0.29, 0.717) is 11.4 Å². The number of anilines is 2. The number of hydrogen-bond acceptors (Lipinski definition) is 6. The number of rotatable bonds is 6. The number of benzene rings is 2. The predicted octanol–water partition coefficient (Wildman–Crippen LogP) is 3.82. The average molecular weight is 354 g/mol. The Morgan fingerprint density at radius 1 is 0.769 bits per heavy atom. The van der Waals surface area contributed by atoms with E-state index < -0.39 is 11.9 Å². The number of allylic oxidation sites excluding steroid dienone is 2. The van der Waals surface area contributed by atoms with Gasteiger partial charge in [-0.1, -0.05) is 24.3 Å². The summed E-state index contributed by atoms with van der Waals surface area (Å²) in [4.78, 5) is 22.7. The van der Waals surface area contributed by atoms with Crippen LogP contribution in [0.3, 0.4) is 0 Å². The highest BCUT2D eigenvalue weighted by atomic mass is 16.5. The number of methoxy groups -OCH3 is 2. The molecule has 0 heterocycles. The molecule has 6 heteroatoms. The molecule has 6 nitrogen and oxygen atoms in total. The summed E-state index contributed by atoms with van der Waals surface area (Å²) in [5, 5.41) is 8.38. The molecule has 0 unspecified atom stereocenters. The van der Waals surface area contributed by atoms with Gasteiger partial charge in [0, 0.05) is 45.7 Å². The van der Waals surface area contributed by atoms with E-state index in [2.05, 4.69) is 20.1 Å². The summed E-state index contributed by atoms with van der Waals surface area (Å²) in [6, 6.07) is 11.7. The van der Waals surface area contributed by atoms with Crippen molar-refractivity contribution in [2.45, 2.75) is 13.8 Å². The van der Waals surface area contributed by atoms with Crippen LogP contribution in [0.5, 0.6) is 0 Å². The number of ether oxygens (including phenoxy) is 2. The molecule has 2 N–H and O–H groups in total. The summed E-state index contributed by atoms with van der Waals surface area (Å²) in [7, 11) is 2.68. The smallest absolute Gasteiger partial charge is 0.332 e. The van der Waals surface area contributed by atoms with Crippen molar-refractivity contribution in [2.24, 2.45) is 0 Å². The first-order chi connectivity index (χ1) is 12.4. The van der Waals surface area contributed by atoms with E-state index in [1.165, 1.54) is 26.4 Å². The molecule has 0 aliphatic carbocycles. The number of fused-ring (bicyclic) bond motifs is 1. The second-order valence-corrected chi connectivity index (χ2v) is 5.66. The summed E-state index contributed by atoms with van der Waals surface area (Å²) in [5.41, 5.74) is 3.06. The third kappa shape index (κ3) is 4.86. The molecule has 0 fully saturated rings. The van der Waals surface area contributed by atoms with Crippen LogP contribution < -0.4 is 10.6 Å². The topological polar surface area (TPSA) is 76.7 Å². The van der Waals surface area contributed by atoms with Crippen molar-refractivity contribution in [1.29, 1.82) is 0 Å². The van der Waals surface area contributed by atoms with Crippen LogP contribution in [0.15, 0.2) is 59.9 Å². The van der Waals surface area contributed by atoms with Gasteiger partial charge < -0.3 is 20.1 Å². The Hall–Kier alpha value is -3.28. The van der Waals surface area contributed by atoms with Gasteiger partial charge in [-0.15, -0.1) is 0 Å². The number of esters is 2. The fraction of sp³-hybridized carbons (Fsp3) is 0.200. The van der Waals surface area contributed by atoms with E-state index in [4.69, 9.17) is 0 Å². The van der Waals surface area contributed by atoms with E-state index in [-0.39, 0.29) is 0 Å². The first kappa shape index (κ1) is 19.1. The Morgan fingerprint density at radius 3 is 1.50 bits per heavy atom. The lowest BCUT2D eigenvalue weighted by molar-refractivity contribution is -0.135. The summed E-state index contributed by atoms with van der Waals surface area (Å²) >= 11 is 0. The maximum absolute atomic E-state index is 11.4. The van der Waals surface area contributed by atoms with E-state index in [1.54, 1.807) is 13.8 Å². The Labute approximate surface area is 152 Å². The van der Waals surface area contributed by atoms with Gasteiger partial charge in [0.25, 0.3) is 0 Å². The molecular weight excluding hydrogens is 332 g/mol. The molecular formula is C20H22N2O4. The van der Waals surface area contributed by atoms with Gasteiger partial charge in [-0.05, 0) is 26.0 Å². The van der Waals surface area contributed by atoms with Crippen molar-refractivity contribution in [3.05, 3.63) is 59.9 Å². The maximum Gasteiger partial charge on any atom is 0.332 e. The fourth-order valence-electron chi connectivity index (χ4n) is 2.50. The molecule has 26 heavy (non-hydrogen) atoms. The SMILES string of the molecule is COC(=O)/C=C(/C)Nc1cccc2c(N/C(C)=C\C(=O)OC)cccc12. The lowest BCUT2D eigenvalue weighted by Gasteiger charge is -2.14. The van der Waals surface area contributed by atoms with Crippen LogP contribution in [0.1, 0.15) is 13.8 Å². The van der Waals surface area contributed by atoms with Crippen molar-refractivity contribution >= 4 is 34.1 Å². The van der Waals surface area contributed by atoms with Crippen LogP contribution in [0.4, 0.5) is 11.4 Å². The van der Waals surface area contributed by atoms with Crippen LogP contribution in [0, 0.1) is 0 Å². The first-order valence-electron chi connectivity index (χ1n) is 8.03.